The number of benzene rings is 1. The van der Waals surface area contributed by atoms with Crippen LogP contribution in [0.25, 0.3) is 0 Å². The van der Waals surface area contributed by atoms with E-state index >= 15 is 0 Å². The molecule has 0 aliphatic rings. The number of carbonyl (C=O) groups is 1. The summed E-state index contributed by atoms with van der Waals surface area (Å²) in [5.41, 5.74) is 0.616. The molecule has 1 aromatic carbocycles. The first-order chi connectivity index (χ1) is 5.24. The van der Waals surface area contributed by atoms with E-state index in [4.69, 9.17) is 11.6 Å². The number of nitrogens with one attached hydrogen (secondary N) is 1. The normalized spacial score (nSPS) is 9.27. The number of hydrogen-bond donors (Lipinski definition) is 1. The van der Waals surface area contributed by atoms with Crippen LogP contribution in [-0.4, -0.2) is 6.41 Å². The molecule has 1 rings (SSSR count). The van der Waals surface area contributed by atoms with E-state index in [1.165, 1.54) is 0 Å². The van der Waals surface area contributed by atoms with E-state index in [1.807, 2.05) is 0 Å². The summed E-state index contributed by atoms with van der Waals surface area (Å²) >= 11 is 9.00. The van der Waals surface area contributed by atoms with Crippen molar-refractivity contribution in [3.8, 4) is 0 Å². The fourth-order valence-corrected chi connectivity index (χ4v) is 1.40. The van der Waals surface area contributed by atoms with Crippen molar-refractivity contribution >= 4 is 39.6 Å². The predicted molar refractivity (Wildman–Crippen MR) is 48.8 cm³/mol. The highest BCUT2D eigenvalue weighted by molar-refractivity contribution is 9.10. The molecule has 0 aliphatic carbocycles. The van der Waals surface area contributed by atoms with Crippen LogP contribution < -0.4 is 5.32 Å². The standard InChI is InChI=1S/C7H5BrClNO/c8-5-1-2-7(10-4-11)6(9)3-5/h1-4H,(H,10,11). The second kappa shape index (κ2) is 3.74. The first-order valence-corrected chi connectivity index (χ1v) is 4.06. The highest BCUT2D eigenvalue weighted by atomic mass is 79.9. The molecule has 0 unspecified atom stereocenters. The molecule has 0 radical (unpaired) electrons. The molecule has 0 fully saturated rings. The van der Waals surface area contributed by atoms with Gasteiger partial charge in [0.1, 0.15) is 0 Å². The lowest BCUT2D eigenvalue weighted by Gasteiger charge is -2.00. The van der Waals surface area contributed by atoms with Crippen molar-refractivity contribution in [2.45, 2.75) is 0 Å². The molecule has 0 atom stereocenters. The molecular formula is C7H5BrClNO. The first kappa shape index (κ1) is 8.56. The Labute approximate surface area is 77.7 Å². The van der Waals surface area contributed by atoms with Crippen molar-refractivity contribution in [3.05, 3.63) is 27.7 Å². The molecule has 0 spiro atoms. The van der Waals surface area contributed by atoms with Gasteiger partial charge in [0, 0.05) is 4.47 Å². The molecule has 0 aromatic heterocycles. The summed E-state index contributed by atoms with van der Waals surface area (Å²) in [6.45, 7) is 0. The Morgan fingerprint density at radius 2 is 2.27 bits per heavy atom. The molecule has 0 saturated heterocycles. The lowest BCUT2D eigenvalue weighted by Crippen LogP contribution is -1.93. The second-order valence-corrected chi connectivity index (χ2v) is 3.21. The van der Waals surface area contributed by atoms with E-state index < -0.39 is 0 Å². The van der Waals surface area contributed by atoms with Gasteiger partial charge in [-0.3, -0.25) is 4.79 Å². The Balaban J connectivity index is 2.98. The SMILES string of the molecule is O=CNc1ccc(Br)cc1Cl. The van der Waals surface area contributed by atoms with Gasteiger partial charge in [0.05, 0.1) is 10.7 Å². The van der Waals surface area contributed by atoms with Crippen LogP contribution in [0.5, 0.6) is 0 Å². The Kier molecular flexibility index (Phi) is 2.91. The highest BCUT2D eigenvalue weighted by Crippen LogP contribution is 2.24. The Morgan fingerprint density at radius 3 is 2.82 bits per heavy atom. The van der Waals surface area contributed by atoms with Crippen LogP contribution in [0, 0.1) is 0 Å². The number of hydrogen-bond acceptors (Lipinski definition) is 1. The van der Waals surface area contributed by atoms with Gasteiger partial charge in [-0.15, -0.1) is 0 Å². The molecule has 2 nitrogen and oxygen atoms in total. The Hall–Kier alpha value is -0.540. The van der Waals surface area contributed by atoms with E-state index in [-0.39, 0.29) is 0 Å². The molecule has 0 heterocycles. The molecule has 1 aromatic rings. The average Bonchev–Trinajstić information content (AvgIpc) is 1.95. The zero-order chi connectivity index (χ0) is 8.27. The van der Waals surface area contributed by atoms with Crippen molar-refractivity contribution in [2.75, 3.05) is 5.32 Å². The molecule has 1 amide bonds. The fraction of sp³-hybridized carbons (Fsp3) is 0. The van der Waals surface area contributed by atoms with Crippen LogP contribution in [0.1, 0.15) is 0 Å². The van der Waals surface area contributed by atoms with Crippen molar-refractivity contribution < 1.29 is 4.79 Å². The smallest absolute Gasteiger partial charge is 0.211 e. The van der Waals surface area contributed by atoms with Crippen molar-refractivity contribution in [2.24, 2.45) is 0 Å². The van der Waals surface area contributed by atoms with E-state index in [0.29, 0.717) is 17.1 Å². The van der Waals surface area contributed by atoms with Gasteiger partial charge in [0.15, 0.2) is 0 Å². The number of rotatable bonds is 2. The minimum Gasteiger partial charge on any atom is -0.327 e. The summed E-state index contributed by atoms with van der Waals surface area (Å²) in [7, 11) is 0. The van der Waals surface area contributed by atoms with Gasteiger partial charge in [0.2, 0.25) is 6.41 Å². The van der Waals surface area contributed by atoms with Gasteiger partial charge in [-0.2, -0.15) is 0 Å². The molecule has 4 heteroatoms. The van der Waals surface area contributed by atoms with E-state index in [1.54, 1.807) is 18.2 Å². The van der Waals surface area contributed by atoms with Crippen LogP contribution in [0.3, 0.4) is 0 Å². The predicted octanol–water partition coefficient (Wildman–Crippen LogP) is 2.67. The van der Waals surface area contributed by atoms with Crippen LogP contribution in [0.15, 0.2) is 22.7 Å². The zero-order valence-corrected chi connectivity index (χ0v) is 7.82. The third kappa shape index (κ3) is 2.20. The van der Waals surface area contributed by atoms with Crippen LogP contribution in [-0.2, 0) is 4.79 Å². The highest BCUT2D eigenvalue weighted by Gasteiger charge is 1.97. The maximum Gasteiger partial charge on any atom is 0.211 e. The Bertz CT molecular complexity index is 277. The van der Waals surface area contributed by atoms with Crippen molar-refractivity contribution in [1.82, 2.24) is 0 Å². The minimum absolute atomic E-state index is 0.520. The third-order valence-corrected chi connectivity index (χ3v) is 1.95. The molecule has 0 aliphatic heterocycles. The van der Waals surface area contributed by atoms with Gasteiger partial charge >= 0.3 is 0 Å². The Morgan fingerprint density at radius 1 is 1.55 bits per heavy atom. The van der Waals surface area contributed by atoms with Gasteiger partial charge in [-0.25, -0.2) is 0 Å². The summed E-state index contributed by atoms with van der Waals surface area (Å²) in [5, 5.41) is 2.99. The van der Waals surface area contributed by atoms with Crippen molar-refractivity contribution in [3.63, 3.8) is 0 Å². The van der Waals surface area contributed by atoms with E-state index in [2.05, 4.69) is 21.2 Å². The topological polar surface area (TPSA) is 29.1 Å². The van der Waals surface area contributed by atoms with E-state index in [9.17, 15) is 4.79 Å². The van der Waals surface area contributed by atoms with Crippen molar-refractivity contribution in [1.29, 1.82) is 0 Å². The molecule has 1 N–H and O–H groups in total. The number of carbonyl (C=O) groups excluding carboxylic acids is 1. The molecule has 58 valence electrons. The maximum atomic E-state index is 10.0. The number of amides is 1. The van der Waals surface area contributed by atoms with Gasteiger partial charge in [0.25, 0.3) is 0 Å². The number of halogens is 2. The summed E-state index contributed by atoms with van der Waals surface area (Å²) < 4.78 is 0.888. The van der Waals surface area contributed by atoms with Gasteiger partial charge < -0.3 is 5.32 Å². The zero-order valence-electron chi connectivity index (χ0n) is 5.47. The second-order valence-electron chi connectivity index (χ2n) is 1.89. The lowest BCUT2D eigenvalue weighted by molar-refractivity contribution is -0.105. The molecule has 11 heavy (non-hydrogen) atoms. The van der Waals surface area contributed by atoms with Crippen LogP contribution in [0.4, 0.5) is 5.69 Å². The summed E-state index contributed by atoms with van der Waals surface area (Å²) in [4.78, 5) is 10.0. The molecule has 0 saturated carbocycles. The summed E-state index contributed by atoms with van der Waals surface area (Å²) in [6.07, 6.45) is 0.592. The van der Waals surface area contributed by atoms with Gasteiger partial charge in [-0.1, -0.05) is 27.5 Å². The minimum atomic E-state index is 0.520. The van der Waals surface area contributed by atoms with E-state index in [0.717, 1.165) is 4.47 Å². The molecule has 0 bridgehead atoms. The fourth-order valence-electron chi connectivity index (χ4n) is 0.670. The monoisotopic (exact) mass is 233 g/mol. The first-order valence-electron chi connectivity index (χ1n) is 2.89. The summed E-state index contributed by atoms with van der Waals surface area (Å²) in [6, 6.07) is 5.24. The van der Waals surface area contributed by atoms with Crippen LogP contribution >= 0.6 is 27.5 Å². The molecular weight excluding hydrogens is 229 g/mol. The lowest BCUT2D eigenvalue weighted by atomic mass is 10.3. The average molecular weight is 234 g/mol. The quantitative estimate of drug-likeness (QED) is 0.783. The number of anilines is 1. The maximum absolute atomic E-state index is 10.0. The van der Waals surface area contributed by atoms with Crippen LogP contribution in [0.2, 0.25) is 5.02 Å². The largest absolute Gasteiger partial charge is 0.327 e. The summed E-state index contributed by atoms with van der Waals surface area (Å²) in [5.74, 6) is 0. The third-order valence-electron chi connectivity index (χ3n) is 1.15. The van der Waals surface area contributed by atoms with Gasteiger partial charge in [-0.05, 0) is 18.2 Å².